The van der Waals surface area contributed by atoms with Gasteiger partial charge in [-0.15, -0.1) is 11.3 Å². The number of nitrogens with one attached hydrogen (secondary N) is 1. The summed E-state index contributed by atoms with van der Waals surface area (Å²) in [5.41, 5.74) is 1.96. The second kappa shape index (κ2) is 7.15. The van der Waals surface area contributed by atoms with Gasteiger partial charge in [0.2, 0.25) is 0 Å². The summed E-state index contributed by atoms with van der Waals surface area (Å²) >= 11 is 1.30. The Morgan fingerprint density at radius 3 is 2.59 bits per heavy atom. The number of methoxy groups -OCH3 is 1. The second-order valence-electron chi connectivity index (χ2n) is 4.68. The number of hydrogen-bond acceptors (Lipinski definition) is 5. The third-order valence-corrected chi connectivity index (χ3v) is 4.01. The summed E-state index contributed by atoms with van der Waals surface area (Å²) in [6.45, 7) is 2.16. The predicted octanol–water partition coefficient (Wildman–Crippen LogP) is 2.48. The van der Waals surface area contributed by atoms with Crippen LogP contribution in [0.3, 0.4) is 0 Å². The molecule has 7 heteroatoms. The van der Waals surface area contributed by atoms with Gasteiger partial charge in [-0.1, -0.05) is 12.1 Å². The number of anilines is 1. The van der Waals surface area contributed by atoms with Crippen LogP contribution in [0.4, 0.5) is 5.69 Å². The van der Waals surface area contributed by atoms with Gasteiger partial charge in [0, 0.05) is 12.8 Å². The van der Waals surface area contributed by atoms with Crippen molar-refractivity contribution in [1.82, 2.24) is 4.98 Å². The average Bonchev–Trinajstić information content (AvgIpc) is 2.82. The zero-order chi connectivity index (χ0) is 16.1. The first-order chi connectivity index (χ1) is 10.5. The number of thiazole rings is 1. The molecule has 22 heavy (non-hydrogen) atoms. The maximum atomic E-state index is 12.2. The van der Waals surface area contributed by atoms with Crippen LogP contribution in [-0.2, 0) is 22.6 Å². The molecule has 0 unspecified atom stereocenters. The van der Waals surface area contributed by atoms with Crippen LogP contribution in [0.15, 0.2) is 24.3 Å². The van der Waals surface area contributed by atoms with Gasteiger partial charge in [0.05, 0.1) is 18.7 Å². The number of amides is 1. The molecule has 0 bridgehead atoms. The van der Waals surface area contributed by atoms with Crippen LogP contribution in [0, 0.1) is 6.92 Å². The Labute approximate surface area is 131 Å². The maximum absolute atomic E-state index is 12.2. The van der Waals surface area contributed by atoms with Crippen molar-refractivity contribution in [2.24, 2.45) is 0 Å². The smallest absolute Gasteiger partial charge is 0.307 e. The van der Waals surface area contributed by atoms with Crippen LogP contribution < -0.4 is 5.32 Å². The number of carbonyl (C=O) groups is 2. The van der Waals surface area contributed by atoms with Gasteiger partial charge in [0.25, 0.3) is 5.91 Å². The van der Waals surface area contributed by atoms with Crippen molar-refractivity contribution >= 4 is 28.9 Å². The lowest BCUT2D eigenvalue weighted by Crippen LogP contribution is -2.11. The highest BCUT2D eigenvalue weighted by Gasteiger charge is 2.15. The van der Waals surface area contributed by atoms with Crippen LogP contribution in [0.5, 0.6) is 0 Å². The minimum absolute atomic E-state index is 0.0391. The molecule has 0 spiro atoms. The predicted molar refractivity (Wildman–Crippen MR) is 83.3 cm³/mol. The quantitative estimate of drug-likeness (QED) is 0.853. The molecule has 0 fully saturated rings. The van der Waals surface area contributed by atoms with E-state index in [0.717, 1.165) is 5.01 Å². The number of nitrogens with zero attached hydrogens (tertiary/aromatic N) is 1. The Hall–Kier alpha value is -2.25. The van der Waals surface area contributed by atoms with Crippen LogP contribution in [0.2, 0.25) is 0 Å². The van der Waals surface area contributed by atoms with Gasteiger partial charge in [-0.25, -0.2) is 4.98 Å². The minimum atomic E-state index is -0.886. The van der Waals surface area contributed by atoms with Crippen LogP contribution in [0.1, 0.15) is 25.9 Å². The van der Waals surface area contributed by atoms with E-state index in [1.165, 1.54) is 11.3 Å². The third kappa shape index (κ3) is 4.12. The normalized spacial score (nSPS) is 10.5. The Bertz CT molecular complexity index is 679. The molecule has 1 heterocycles. The Balaban J connectivity index is 2.06. The first-order valence-electron chi connectivity index (χ1n) is 6.57. The molecular weight excluding hydrogens is 304 g/mol. The van der Waals surface area contributed by atoms with Gasteiger partial charge < -0.3 is 15.2 Å². The Morgan fingerprint density at radius 2 is 2.00 bits per heavy atom. The lowest BCUT2D eigenvalue weighted by atomic mass is 10.1. The number of aromatic nitrogens is 1. The summed E-state index contributed by atoms with van der Waals surface area (Å²) in [5.74, 6) is -1.12. The van der Waals surface area contributed by atoms with Gasteiger partial charge in [0.1, 0.15) is 9.88 Å². The SMILES string of the molecule is COCc1nc(C)c(C(=O)Nc2ccc(CC(=O)O)cc2)s1. The van der Waals surface area contributed by atoms with Gasteiger partial charge in [-0.05, 0) is 24.6 Å². The van der Waals surface area contributed by atoms with E-state index >= 15 is 0 Å². The molecule has 1 amide bonds. The molecule has 0 aliphatic heterocycles. The molecule has 6 nitrogen and oxygen atoms in total. The summed E-state index contributed by atoms with van der Waals surface area (Å²) in [7, 11) is 1.58. The molecule has 0 atom stereocenters. The average molecular weight is 320 g/mol. The topological polar surface area (TPSA) is 88.5 Å². The van der Waals surface area contributed by atoms with Crippen LogP contribution >= 0.6 is 11.3 Å². The fourth-order valence-electron chi connectivity index (χ4n) is 1.92. The van der Waals surface area contributed by atoms with E-state index in [9.17, 15) is 9.59 Å². The number of carboxylic acids is 1. The van der Waals surface area contributed by atoms with Gasteiger partial charge >= 0.3 is 5.97 Å². The van der Waals surface area contributed by atoms with Crippen molar-refractivity contribution < 1.29 is 19.4 Å². The summed E-state index contributed by atoms with van der Waals surface area (Å²) < 4.78 is 5.01. The van der Waals surface area contributed by atoms with E-state index < -0.39 is 5.97 Å². The lowest BCUT2D eigenvalue weighted by molar-refractivity contribution is -0.136. The molecule has 2 N–H and O–H groups in total. The molecule has 0 saturated carbocycles. The van der Waals surface area contributed by atoms with Crippen molar-refractivity contribution in [1.29, 1.82) is 0 Å². The molecule has 0 radical (unpaired) electrons. The fraction of sp³-hybridized carbons (Fsp3) is 0.267. The Morgan fingerprint density at radius 1 is 1.32 bits per heavy atom. The van der Waals surface area contributed by atoms with E-state index in [-0.39, 0.29) is 12.3 Å². The van der Waals surface area contributed by atoms with E-state index in [2.05, 4.69) is 10.3 Å². The van der Waals surface area contributed by atoms with Gasteiger partial charge in [-0.3, -0.25) is 9.59 Å². The molecule has 2 rings (SSSR count). The summed E-state index contributed by atoms with van der Waals surface area (Å²) in [5, 5.41) is 12.3. The summed E-state index contributed by atoms with van der Waals surface area (Å²) in [4.78, 5) is 27.7. The highest BCUT2D eigenvalue weighted by molar-refractivity contribution is 7.13. The fourth-order valence-corrected chi connectivity index (χ4v) is 2.85. The number of rotatable bonds is 6. The van der Waals surface area contributed by atoms with Crippen LogP contribution in [-0.4, -0.2) is 29.1 Å². The zero-order valence-corrected chi connectivity index (χ0v) is 13.1. The number of aryl methyl sites for hydroxylation is 1. The third-order valence-electron chi connectivity index (χ3n) is 2.88. The molecule has 116 valence electrons. The van der Waals surface area contributed by atoms with Crippen molar-refractivity contribution in [3.8, 4) is 0 Å². The van der Waals surface area contributed by atoms with Gasteiger partial charge in [-0.2, -0.15) is 0 Å². The number of benzene rings is 1. The summed E-state index contributed by atoms with van der Waals surface area (Å²) in [6.07, 6.45) is -0.0391. The standard InChI is InChI=1S/C15H16N2O4S/c1-9-14(22-12(16-9)8-21-2)15(20)17-11-5-3-10(4-6-11)7-13(18)19/h3-6H,7-8H2,1-2H3,(H,17,20)(H,18,19). The highest BCUT2D eigenvalue weighted by Crippen LogP contribution is 2.20. The second-order valence-corrected chi connectivity index (χ2v) is 5.76. The van der Waals surface area contributed by atoms with E-state index in [4.69, 9.17) is 9.84 Å². The molecule has 1 aromatic carbocycles. The molecule has 2 aromatic rings. The van der Waals surface area contributed by atoms with E-state index in [1.807, 2.05) is 0 Å². The number of carbonyl (C=O) groups excluding carboxylic acids is 1. The Kier molecular flexibility index (Phi) is 5.24. The molecule has 0 saturated heterocycles. The minimum Gasteiger partial charge on any atom is -0.481 e. The molecule has 1 aromatic heterocycles. The van der Waals surface area contributed by atoms with E-state index in [1.54, 1.807) is 38.3 Å². The zero-order valence-electron chi connectivity index (χ0n) is 12.3. The highest BCUT2D eigenvalue weighted by atomic mass is 32.1. The first-order valence-corrected chi connectivity index (χ1v) is 7.38. The van der Waals surface area contributed by atoms with Crippen LogP contribution in [0.25, 0.3) is 0 Å². The maximum Gasteiger partial charge on any atom is 0.307 e. The molecular formula is C15H16N2O4S. The molecule has 0 aliphatic rings. The van der Waals surface area contributed by atoms with Crippen molar-refractivity contribution in [2.75, 3.05) is 12.4 Å². The number of hydrogen-bond donors (Lipinski definition) is 2. The van der Waals surface area contributed by atoms with Crippen molar-refractivity contribution in [2.45, 2.75) is 20.0 Å². The number of aliphatic carboxylic acids is 1. The number of ether oxygens (including phenoxy) is 1. The first kappa shape index (κ1) is 16.1. The van der Waals surface area contributed by atoms with Crippen molar-refractivity contribution in [3.05, 3.63) is 45.4 Å². The van der Waals surface area contributed by atoms with Gasteiger partial charge in [0.15, 0.2) is 0 Å². The number of carboxylic acid groups (broad SMARTS) is 1. The van der Waals surface area contributed by atoms with Crippen molar-refractivity contribution in [3.63, 3.8) is 0 Å². The molecule has 0 aliphatic carbocycles. The summed E-state index contributed by atoms with van der Waals surface area (Å²) in [6, 6.07) is 6.73. The lowest BCUT2D eigenvalue weighted by Gasteiger charge is -2.05. The largest absolute Gasteiger partial charge is 0.481 e. The van der Waals surface area contributed by atoms with E-state index in [0.29, 0.717) is 28.4 Å². The monoisotopic (exact) mass is 320 g/mol.